The molecule has 0 fully saturated rings. The first kappa shape index (κ1) is 9.80. The minimum Gasteiger partial charge on any atom is -0.229 e. The molecule has 1 unspecified atom stereocenters. The third kappa shape index (κ3) is 3.09. The second-order valence-electron chi connectivity index (χ2n) is 3.51. The summed E-state index contributed by atoms with van der Waals surface area (Å²) in [6.07, 6.45) is 1.03. The van der Waals surface area contributed by atoms with Gasteiger partial charge in [-0.3, -0.25) is 0 Å². The van der Waals surface area contributed by atoms with Gasteiger partial charge in [-0.15, -0.1) is 0 Å². The first-order valence-corrected chi connectivity index (χ1v) is 4.00. The zero-order valence-electron chi connectivity index (χ0n) is 7.14. The molecule has 0 rings (SSSR count). The maximum Gasteiger partial charge on any atom is 0.0648 e. The van der Waals surface area contributed by atoms with Gasteiger partial charge in [-0.25, -0.2) is 4.99 Å². The van der Waals surface area contributed by atoms with E-state index in [2.05, 4.69) is 50.1 Å². The summed E-state index contributed by atoms with van der Waals surface area (Å²) in [5, 5.41) is 2.43. The van der Waals surface area contributed by atoms with E-state index >= 15 is 0 Å². The highest BCUT2D eigenvalue weighted by atomic mass is 32.1. The smallest absolute Gasteiger partial charge is 0.0648 e. The molecule has 0 aromatic carbocycles. The molecule has 58 valence electrons. The van der Waals surface area contributed by atoms with Crippen molar-refractivity contribution < 1.29 is 0 Å². The monoisotopic (exact) mass is 157 g/mol. The van der Waals surface area contributed by atoms with E-state index in [0.29, 0.717) is 6.04 Å². The van der Waals surface area contributed by atoms with Crippen molar-refractivity contribution in [2.45, 2.75) is 40.2 Å². The fourth-order valence-corrected chi connectivity index (χ4v) is 1.09. The quantitative estimate of drug-likeness (QED) is 0.443. The van der Waals surface area contributed by atoms with Crippen LogP contribution >= 0.6 is 12.2 Å². The largest absolute Gasteiger partial charge is 0.229 e. The van der Waals surface area contributed by atoms with Crippen molar-refractivity contribution in [2.24, 2.45) is 10.4 Å². The third-order valence-corrected chi connectivity index (χ3v) is 1.70. The molecular formula is C8H15NS. The maximum absolute atomic E-state index is 4.55. The van der Waals surface area contributed by atoms with Crippen molar-refractivity contribution in [3.8, 4) is 0 Å². The van der Waals surface area contributed by atoms with Crippen molar-refractivity contribution >= 4 is 17.4 Å². The molecule has 10 heavy (non-hydrogen) atoms. The molecule has 0 heterocycles. The summed E-state index contributed by atoms with van der Waals surface area (Å²) in [4.78, 5) is 4.08. The van der Waals surface area contributed by atoms with Crippen LogP contribution in [0, 0.1) is 5.41 Å². The molecule has 2 heteroatoms. The summed E-state index contributed by atoms with van der Waals surface area (Å²) in [5.41, 5.74) is 0.223. The summed E-state index contributed by atoms with van der Waals surface area (Å²) in [7, 11) is 0. The lowest BCUT2D eigenvalue weighted by molar-refractivity contribution is 0.316. The predicted molar refractivity (Wildman–Crippen MR) is 48.6 cm³/mol. The topological polar surface area (TPSA) is 12.4 Å². The highest BCUT2D eigenvalue weighted by Gasteiger charge is 2.21. The van der Waals surface area contributed by atoms with Crippen LogP contribution in [0.1, 0.15) is 34.1 Å². The third-order valence-electron chi connectivity index (χ3n) is 1.59. The molecule has 0 N–H and O–H groups in total. The first-order chi connectivity index (χ1) is 4.52. The van der Waals surface area contributed by atoms with Crippen LogP contribution in [0.3, 0.4) is 0 Å². The maximum atomic E-state index is 4.55. The van der Waals surface area contributed by atoms with E-state index in [1.165, 1.54) is 0 Å². The van der Waals surface area contributed by atoms with Crippen LogP contribution in [-0.4, -0.2) is 11.2 Å². The van der Waals surface area contributed by atoms with E-state index in [1.54, 1.807) is 0 Å². The molecule has 0 amide bonds. The Morgan fingerprint density at radius 2 is 2.00 bits per heavy atom. The number of isothiocyanates is 1. The molecule has 0 radical (unpaired) electrons. The zero-order chi connectivity index (χ0) is 8.20. The normalized spacial score (nSPS) is 14.0. The first-order valence-electron chi connectivity index (χ1n) is 3.59. The van der Waals surface area contributed by atoms with Gasteiger partial charge in [0.05, 0.1) is 11.2 Å². The molecular weight excluding hydrogens is 142 g/mol. The molecule has 0 aromatic heterocycles. The summed E-state index contributed by atoms with van der Waals surface area (Å²) >= 11 is 4.55. The molecule has 0 bridgehead atoms. The van der Waals surface area contributed by atoms with Gasteiger partial charge in [0.2, 0.25) is 0 Å². The van der Waals surface area contributed by atoms with Crippen LogP contribution in [-0.2, 0) is 0 Å². The van der Waals surface area contributed by atoms with Gasteiger partial charge in [-0.05, 0) is 24.1 Å². The Morgan fingerprint density at radius 3 is 2.10 bits per heavy atom. The van der Waals surface area contributed by atoms with E-state index < -0.39 is 0 Å². The molecule has 0 saturated carbocycles. The molecule has 0 saturated heterocycles. The van der Waals surface area contributed by atoms with E-state index in [9.17, 15) is 0 Å². The van der Waals surface area contributed by atoms with Gasteiger partial charge in [0, 0.05) is 0 Å². The SMILES string of the molecule is CCC(N=C=S)C(C)(C)C. The summed E-state index contributed by atoms with van der Waals surface area (Å²) < 4.78 is 0. The Kier molecular flexibility index (Phi) is 3.77. The van der Waals surface area contributed by atoms with Gasteiger partial charge in [0.25, 0.3) is 0 Å². The summed E-state index contributed by atoms with van der Waals surface area (Å²) in [6.45, 7) is 8.61. The van der Waals surface area contributed by atoms with Crippen molar-refractivity contribution in [3.05, 3.63) is 0 Å². The average Bonchev–Trinajstić information content (AvgIpc) is 1.80. The molecule has 0 aliphatic carbocycles. The fraction of sp³-hybridized carbons (Fsp3) is 0.875. The van der Waals surface area contributed by atoms with Gasteiger partial charge < -0.3 is 0 Å². The van der Waals surface area contributed by atoms with Crippen molar-refractivity contribution in [2.75, 3.05) is 0 Å². The molecule has 0 spiro atoms. The molecule has 0 aromatic rings. The minimum atomic E-state index is 0.223. The van der Waals surface area contributed by atoms with Crippen LogP contribution in [0.2, 0.25) is 0 Å². The minimum absolute atomic E-state index is 0.223. The lowest BCUT2D eigenvalue weighted by Crippen LogP contribution is -2.23. The average molecular weight is 157 g/mol. The van der Waals surface area contributed by atoms with Crippen LogP contribution in [0.5, 0.6) is 0 Å². The molecule has 0 aliphatic rings. The van der Waals surface area contributed by atoms with Crippen LogP contribution in [0.15, 0.2) is 4.99 Å². The van der Waals surface area contributed by atoms with E-state index in [0.717, 1.165) is 6.42 Å². The number of rotatable bonds is 2. The summed E-state index contributed by atoms with van der Waals surface area (Å²) in [5.74, 6) is 0. The number of nitrogens with zero attached hydrogens (tertiary/aromatic N) is 1. The van der Waals surface area contributed by atoms with Crippen molar-refractivity contribution in [1.82, 2.24) is 0 Å². The fourth-order valence-electron chi connectivity index (χ4n) is 0.961. The molecule has 0 aliphatic heterocycles. The number of hydrogen-bond donors (Lipinski definition) is 0. The summed E-state index contributed by atoms with van der Waals surface area (Å²) in [6, 6.07) is 0.324. The van der Waals surface area contributed by atoms with Crippen molar-refractivity contribution in [1.29, 1.82) is 0 Å². The lowest BCUT2D eigenvalue weighted by atomic mass is 9.86. The predicted octanol–water partition coefficient (Wildman–Crippen LogP) is 2.91. The van der Waals surface area contributed by atoms with E-state index in [4.69, 9.17) is 0 Å². The number of aliphatic imine (C=N–C) groups is 1. The highest BCUT2D eigenvalue weighted by Crippen LogP contribution is 2.23. The van der Waals surface area contributed by atoms with Crippen LogP contribution < -0.4 is 0 Å². The second-order valence-corrected chi connectivity index (χ2v) is 3.69. The second kappa shape index (κ2) is 3.85. The molecule has 1 nitrogen and oxygen atoms in total. The van der Waals surface area contributed by atoms with Gasteiger partial charge in [0.15, 0.2) is 0 Å². The Morgan fingerprint density at radius 1 is 1.50 bits per heavy atom. The number of thiocarbonyl (C=S) groups is 1. The Balaban J connectivity index is 4.20. The standard InChI is InChI=1S/C8H15NS/c1-5-7(9-6-10)8(2,3)4/h7H,5H2,1-4H3. The van der Waals surface area contributed by atoms with Crippen LogP contribution in [0.25, 0.3) is 0 Å². The Bertz CT molecular complexity index is 140. The Hall–Kier alpha value is -0.200. The highest BCUT2D eigenvalue weighted by molar-refractivity contribution is 7.78. The van der Waals surface area contributed by atoms with E-state index in [-0.39, 0.29) is 5.41 Å². The zero-order valence-corrected chi connectivity index (χ0v) is 7.96. The van der Waals surface area contributed by atoms with Crippen molar-refractivity contribution in [3.63, 3.8) is 0 Å². The van der Waals surface area contributed by atoms with Gasteiger partial charge >= 0.3 is 0 Å². The lowest BCUT2D eigenvalue weighted by Gasteiger charge is -2.24. The number of hydrogen-bond acceptors (Lipinski definition) is 2. The van der Waals surface area contributed by atoms with Gasteiger partial charge in [0.1, 0.15) is 0 Å². The van der Waals surface area contributed by atoms with Gasteiger partial charge in [-0.2, -0.15) is 0 Å². The van der Waals surface area contributed by atoms with E-state index in [1.807, 2.05) is 0 Å². The molecule has 1 atom stereocenters. The Labute approximate surface area is 68.5 Å². The van der Waals surface area contributed by atoms with Crippen LogP contribution in [0.4, 0.5) is 0 Å². The van der Waals surface area contributed by atoms with Gasteiger partial charge in [-0.1, -0.05) is 27.7 Å².